The van der Waals surface area contributed by atoms with Gasteiger partial charge < -0.3 is 10.6 Å². The van der Waals surface area contributed by atoms with Crippen molar-refractivity contribution in [1.29, 1.82) is 0 Å². The number of benzene rings is 1. The summed E-state index contributed by atoms with van der Waals surface area (Å²) in [6, 6.07) is 8.98. The second-order valence-electron chi connectivity index (χ2n) is 5.06. The largest absolute Gasteiger partial charge is 0.348 e. The van der Waals surface area contributed by atoms with Gasteiger partial charge in [-0.25, -0.2) is 0 Å². The topological polar surface area (TPSA) is 71.1 Å². The Bertz CT molecular complexity index is 753. The van der Waals surface area contributed by atoms with E-state index in [0.29, 0.717) is 29.1 Å². The van der Waals surface area contributed by atoms with Crippen molar-refractivity contribution in [3.8, 4) is 0 Å². The van der Waals surface area contributed by atoms with Crippen LogP contribution < -0.4 is 10.6 Å². The minimum atomic E-state index is -0.256. The predicted molar refractivity (Wildman–Crippen MR) is 79.3 cm³/mol. The van der Waals surface area contributed by atoms with E-state index in [1.807, 2.05) is 19.1 Å². The Morgan fingerprint density at radius 3 is 2.81 bits per heavy atom. The van der Waals surface area contributed by atoms with Crippen LogP contribution in [0.1, 0.15) is 37.7 Å². The second-order valence-corrected chi connectivity index (χ2v) is 5.06. The Balaban J connectivity index is 1.93. The van der Waals surface area contributed by atoms with Crippen LogP contribution >= 0.6 is 0 Å². The van der Waals surface area contributed by atoms with E-state index in [2.05, 4.69) is 15.6 Å². The maximum atomic E-state index is 12.4. The summed E-state index contributed by atoms with van der Waals surface area (Å²) < 4.78 is 0. The van der Waals surface area contributed by atoms with Crippen LogP contribution in [0.2, 0.25) is 0 Å². The predicted octanol–water partition coefficient (Wildman–Crippen LogP) is 2.19. The first kappa shape index (κ1) is 13.3. The molecule has 21 heavy (non-hydrogen) atoms. The number of hydrogen-bond acceptors (Lipinski definition) is 3. The number of hydrogen-bond donors (Lipinski definition) is 2. The van der Waals surface area contributed by atoms with Crippen LogP contribution in [0.15, 0.2) is 30.3 Å². The Labute approximate surface area is 122 Å². The van der Waals surface area contributed by atoms with E-state index in [9.17, 15) is 9.59 Å². The van der Waals surface area contributed by atoms with Gasteiger partial charge in [0.15, 0.2) is 0 Å². The van der Waals surface area contributed by atoms with Gasteiger partial charge in [0.25, 0.3) is 11.8 Å². The van der Waals surface area contributed by atoms with Crippen molar-refractivity contribution in [2.45, 2.75) is 20.4 Å². The maximum absolute atomic E-state index is 12.4. The molecule has 2 amide bonds. The lowest BCUT2D eigenvalue weighted by atomic mass is 10.1. The van der Waals surface area contributed by atoms with Gasteiger partial charge in [-0.3, -0.25) is 14.6 Å². The molecule has 1 aliphatic rings. The average Bonchev–Trinajstić information content (AvgIpc) is 2.81. The molecule has 0 aliphatic carbocycles. The minimum absolute atomic E-state index is 0.153. The van der Waals surface area contributed by atoms with Crippen LogP contribution in [0, 0.1) is 13.8 Å². The number of fused-ring (bicyclic) bond motifs is 1. The molecule has 0 saturated heterocycles. The normalized spacial score (nSPS) is 12.8. The third-order valence-electron chi connectivity index (χ3n) is 3.54. The summed E-state index contributed by atoms with van der Waals surface area (Å²) in [5.74, 6) is -0.409. The fourth-order valence-corrected chi connectivity index (χ4v) is 2.50. The third kappa shape index (κ3) is 2.38. The summed E-state index contributed by atoms with van der Waals surface area (Å²) in [6.07, 6.45) is 0. The number of anilines is 1. The van der Waals surface area contributed by atoms with Gasteiger partial charge in [0.2, 0.25) is 0 Å². The van der Waals surface area contributed by atoms with Crippen LogP contribution in [0.3, 0.4) is 0 Å². The van der Waals surface area contributed by atoms with E-state index in [-0.39, 0.29) is 11.8 Å². The summed E-state index contributed by atoms with van der Waals surface area (Å²) in [5.41, 5.74) is 4.03. The highest BCUT2D eigenvalue weighted by molar-refractivity contribution is 6.10. The van der Waals surface area contributed by atoms with Gasteiger partial charge in [0.1, 0.15) is 0 Å². The quantitative estimate of drug-likeness (QED) is 0.886. The lowest BCUT2D eigenvalue weighted by Gasteiger charge is -2.10. The number of carbonyl (C=O) groups excluding carboxylic acids is 2. The number of aromatic nitrogens is 1. The number of pyridine rings is 1. The van der Waals surface area contributed by atoms with Crippen LogP contribution in [-0.4, -0.2) is 16.8 Å². The molecule has 3 rings (SSSR count). The molecule has 106 valence electrons. The molecular formula is C16H15N3O2. The van der Waals surface area contributed by atoms with Crippen molar-refractivity contribution in [3.05, 3.63) is 58.4 Å². The molecule has 1 aromatic carbocycles. The van der Waals surface area contributed by atoms with Gasteiger partial charge in [-0.2, -0.15) is 0 Å². The monoisotopic (exact) mass is 281 g/mol. The van der Waals surface area contributed by atoms with Gasteiger partial charge in [-0.1, -0.05) is 12.1 Å². The molecule has 5 nitrogen and oxygen atoms in total. The van der Waals surface area contributed by atoms with Crippen LogP contribution in [-0.2, 0) is 6.54 Å². The van der Waals surface area contributed by atoms with E-state index >= 15 is 0 Å². The lowest BCUT2D eigenvalue weighted by Crippen LogP contribution is -2.18. The molecule has 0 atom stereocenters. The summed E-state index contributed by atoms with van der Waals surface area (Å²) in [5, 5.41) is 5.56. The molecule has 5 heteroatoms. The Morgan fingerprint density at radius 2 is 2.05 bits per heavy atom. The van der Waals surface area contributed by atoms with Gasteiger partial charge in [0.05, 0.1) is 22.5 Å². The van der Waals surface area contributed by atoms with Gasteiger partial charge in [-0.05, 0) is 37.6 Å². The lowest BCUT2D eigenvalue weighted by molar-refractivity contribution is 0.0966. The number of rotatable bonds is 2. The molecule has 0 fully saturated rings. The minimum Gasteiger partial charge on any atom is -0.348 e. The number of carbonyl (C=O) groups is 2. The van der Waals surface area contributed by atoms with E-state index in [0.717, 1.165) is 11.3 Å². The third-order valence-corrected chi connectivity index (χ3v) is 3.54. The van der Waals surface area contributed by atoms with E-state index < -0.39 is 0 Å². The standard InChI is InChI=1S/C16H15N3O2/c1-9-6-7-12(10(2)18-9)15(20)19-13-5-3-4-11-8-17-16(21)14(11)13/h3-7H,8H2,1-2H3,(H,17,21)(H,19,20). The van der Waals surface area contributed by atoms with Crippen molar-refractivity contribution < 1.29 is 9.59 Å². The van der Waals surface area contributed by atoms with E-state index in [4.69, 9.17) is 0 Å². The van der Waals surface area contributed by atoms with Crippen LogP contribution in [0.25, 0.3) is 0 Å². The van der Waals surface area contributed by atoms with Crippen molar-refractivity contribution in [2.75, 3.05) is 5.32 Å². The van der Waals surface area contributed by atoms with Crippen molar-refractivity contribution in [2.24, 2.45) is 0 Å². The highest BCUT2D eigenvalue weighted by Crippen LogP contribution is 2.24. The summed E-state index contributed by atoms with van der Waals surface area (Å²) in [6.45, 7) is 4.18. The number of nitrogens with one attached hydrogen (secondary N) is 2. The second kappa shape index (κ2) is 5.01. The summed E-state index contributed by atoms with van der Waals surface area (Å²) in [4.78, 5) is 28.5. The Kier molecular flexibility index (Phi) is 3.17. The summed E-state index contributed by atoms with van der Waals surface area (Å²) in [7, 11) is 0. The fourth-order valence-electron chi connectivity index (χ4n) is 2.50. The first-order valence-electron chi connectivity index (χ1n) is 6.72. The first-order chi connectivity index (χ1) is 10.1. The fraction of sp³-hybridized carbons (Fsp3) is 0.188. The Hall–Kier alpha value is -2.69. The van der Waals surface area contributed by atoms with E-state index in [1.54, 1.807) is 25.1 Å². The number of nitrogens with zero attached hydrogens (tertiary/aromatic N) is 1. The molecule has 2 N–H and O–H groups in total. The SMILES string of the molecule is Cc1ccc(C(=O)Nc2cccc3c2C(=O)NC3)c(C)n1. The molecule has 0 unspecified atom stereocenters. The molecule has 1 aromatic heterocycles. The highest BCUT2D eigenvalue weighted by Gasteiger charge is 2.23. The smallest absolute Gasteiger partial charge is 0.257 e. The summed E-state index contributed by atoms with van der Waals surface area (Å²) >= 11 is 0. The van der Waals surface area contributed by atoms with Gasteiger partial charge in [0, 0.05) is 12.2 Å². The zero-order valence-corrected chi connectivity index (χ0v) is 11.9. The zero-order valence-electron chi connectivity index (χ0n) is 11.9. The van der Waals surface area contributed by atoms with Crippen LogP contribution in [0.4, 0.5) is 5.69 Å². The molecule has 2 aromatic rings. The molecule has 0 spiro atoms. The molecule has 0 saturated carbocycles. The highest BCUT2D eigenvalue weighted by atomic mass is 16.2. The zero-order chi connectivity index (χ0) is 15.0. The first-order valence-corrected chi connectivity index (χ1v) is 6.72. The van der Waals surface area contributed by atoms with Gasteiger partial charge >= 0.3 is 0 Å². The maximum Gasteiger partial charge on any atom is 0.257 e. The number of amides is 2. The van der Waals surface area contributed by atoms with Crippen LogP contribution in [0.5, 0.6) is 0 Å². The molecule has 0 radical (unpaired) electrons. The number of aryl methyl sites for hydroxylation is 2. The van der Waals surface area contributed by atoms with Gasteiger partial charge in [-0.15, -0.1) is 0 Å². The molecule has 0 bridgehead atoms. The average molecular weight is 281 g/mol. The van der Waals surface area contributed by atoms with Crippen molar-refractivity contribution in [1.82, 2.24) is 10.3 Å². The van der Waals surface area contributed by atoms with Crippen molar-refractivity contribution in [3.63, 3.8) is 0 Å². The van der Waals surface area contributed by atoms with E-state index in [1.165, 1.54) is 0 Å². The molecule has 2 heterocycles. The molecular weight excluding hydrogens is 266 g/mol. The Morgan fingerprint density at radius 1 is 1.24 bits per heavy atom. The molecule has 1 aliphatic heterocycles. The van der Waals surface area contributed by atoms with Crippen molar-refractivity contribution >= 4 is 17.5 Å².